The zero-order valence-corrected chi connectivity index (χ0v) is 7.59. The minimum absolute atomic E-state index is 0.291. The van der Waals surface area contributed by atoms with Crippen molar-refractivity contribution in [1.82, 2.24) is 5.32 Å². The summed E-state index contributed by atoms with van der Waals surface area (Å²) in [6.07, 6.45) is 8.77. The summed E-state index contributed by atoms with van der Waals surface area (Å²) >= 11 is 0. The van der Waals surface area contributed by atoms with Crippen LogP contribution in [0.4, 0.5) is 0 Å². The van der Waals surface area contributed by atoms with Crippen molar-refractivity contribution in [2.24, 2.45) is 11.3 Å². The second kappa shape index (κ2) is 3.12. The van der Waals surface area contributed by atoms with E-state index in [1.165, 1.54) is 0 Å². The fourth-order valence-corrected chi connectivity index (χ4v) is 1.08. The average Bonchev–Trinajstić information content (AvgIpc) is 1.92. The zero-order valence-electron chi connectivity index (χ0n) is 7.59. The summed E-state index contributed by atoms with van der Waals surface area (Å²) in [6, 6.07) is 0. The highest BCUT2D eigenvalue weighted by molar-refractivity contribution is 5.06. The highest BCUT2D eigenvalue weighted by Crippen LogP contribution is 2.18. The normalized spacial score (nSPS) is 34.6. The topological polar surface area (TPSA) is 12.0 Å². The molecule has 1 rings (SSSR count). The van der Waals surface area contributed by atoms with Crippen molar-refractivity contribution >= 4 is 0 Å². The summed E-state index contributed by atoms with van der Waals surface area (Å²) in [4.78, 5) is 0. The van der Waals surface area contributed by atoms with Gasteiger partial charge in [-0.05, 0) is 17.5 Å². The Bertz CT molecular complexity index is 177. The number of hydrogen-bond donors (Lipinski definition) is 1. The van der Waals surface area contributed by atoms with Crippen molar-refractivity contribution in [2.45, 2.75) is 20.8 Å². The molecule has 0 spiro atoms. The van der Waals surface area contributed by atoms with Crippen LogP contribution in [0.1, 0.15) is 20.8 Å². The first kappa shape index (κ1) is 8.38. The van der Waals surface area contributed by atoms with Crippen LogP contribution in [0, 0.1) is 11.3 Å². The molecule has 1 aliphatic heterocycles. The third-order valence-corrected chi connectivity index (χ3v) is 1.93. The maximum atomic E-state index is 3.28. The van der Waals surface area contributed by atoms with Gasteiger partial charge in [0.2, 0.25) is 0 Å². The molecule has 1 aliphatic rings. The standard InChI is InChI=1S/C10H17N/c1-9-4-6-10(2,3)8-11-7-5-9/h4-7,9,11H,8H2,1-3H3/b6-4-,7-5-. The van der Waals surface area contributed by atoms with Gasteiger partial charge < -0.3 is 5.32 Å². The predicted molar refractivity (Wildman–Crippen MR) is 49.2 cm³/mol. The largest absolute Gasteiger partial charge is 0.390 e. The van der Waals surface area contributed by atoms with Gasteiger partial charge in [0.25, 0.3) is 0 Å². The molecular weight excluding hydrogens is 134 g/mol. The third-order valence-electron chi connectivity index (χ3n) is 1.93. The van der Waals surface area contributed by atoms with E-state index in [1.807, 2.05) is 0 Å². The van der Waals surface area contributed by atoms with Crippen LogP contribution in [-0.4, -0.2) is 6.54 Å². The Hall–Kier alpha value is -0.720. The SMILES string of the molecule is CC1/C=C\NCC(C)(C)/C=C\1. The molecule has 0 saturated carbocycles. The van der Waals surface area contributed by atoms with Gasteiger partial charge in [0.05, 0.1) is 0 Å². The minimum atomic E-state index is 0.291. The van der Waals surface area contributed by atoms with Crippen LogP contribution in [0.25, 0.3) is 0 Å². The predicted octanol–water partition coefficient (Wildman–Crippen LogP) is 2.32. The molecule has 0 saturated heterocycles. The van der Waals surface area contributed by atoms with Crippen LogP contribution < -0.4 is 5.32 Å². The summed E-state index contributed by atoms with van der Waals surface area (Å²) < 4.78 is 0. The van der Waals surface area contributed by atoms with E-state index >= 15 is 0 Å². The third kappa shape index (κ3) is 2.79. The molecule has 0 amide bonds. The monoisotopic (exact) mass is 151 g/mol. The Morgan fingerprint density at radius 1 is 1.36 bits per heavy atom. The molecule has 1 nitrogen and oxygen atoms in total. The van der Waals surface area contributed by atoms with Crippen LogP contribution in [0.5, 0.6) is 0 Å². The molecule has 0 radical (unpaired) electrons. The van der Waals surface area contributed by atoms with Crippen molar-refractivity contribution in [3.63, 3.8) is 0 Å². The zero-order chi connectivity index (χ0) is 8.32. The van der Waals surface area contributed by atoms with Gasteiger partial charge in [0.15, 0.2) is 0 Å². The van der Waals surface area contributed by atoms with E-state index in [0.29, 0.717) is 11.3 Å². The molecule has 0 aromatic heterocycles. The lowest BCUT2D eigenvalue weighted by atomic mass is 9.90. The summed E-state index contributed by atoms with van der Waals surface area (Å²) in [6.45, 7) is 7.69. The fraction of sp³-hybridized carbons (Fsp3) is 0.600. The Morgan fingerprint density at radius 3 is 2.82 bits per heavy atom. The van der Waals surface area contributed by atoms with Crippen molar-refractivity contribution < 1.29 is 0 Å². The summed E-state index contributed by atoms with van der Waals surface area (Å²) in [5, 5.41) is 3.28. The van der Waals surface area contributed by atoms with E-state index in [4.69, 9.17) is 0 Å². The highest BCUT2D eigenvalue weighted by Gasteiger charge is 2.13. The Balaban J connectivity index is 2.67. The smallest absolute Gasteiger partial charge is 0.0227 e. The number of rotatable bonds is 0. The van der Waals surface area contributed by atoms with E-state index in [-0.39, 0.29) is 0 Å². The maximum absolute atomic E-state index is 3.28. The molecule has 0 aromatic rings. The van der Waals surface area contributed by atoms with Gasteiger partial charge in [-0.25, -0.2) is 0 Å². The van der Waals surface area contributed by atoms with E-state index < -0.39 is 0 Å². The Morgan fingerprint density at radius 2 is 2.09 bits per heavy atom. The number of hydrogen-bond acceptors (Lipinski definition) is 1. The molecule has 62 valence electrons. The molecule has 1 unspecified atom stereocenters. The summed E-state index contributed by atoms with van der Waals surface area (Å²) in [5.74, 6) is 0.557. The first-order valence-corrected chi connectivity index (χ1v) is 4.20. The lowest BCUT2D eigenvalue weighted by molar-refractivity contribution is 0.457. The van der Waals surface area contributed by atoms with Crippen LogP contribution in [0.15, 0.2) is 24.4 Å². The first-order valence-electron chi connectivity index (χ1n) is 4.20. The van der Waals surface area contributed by atoms with Crippen molar-refractivity contribution in [2.75, 3.05) is 6.54 Å². The van der Waals surface area contributed by atoms with Gasteiger partial charge in [0.1, 0.15) is 0 Å². The minimum Gasteiger partial charge on any atom is -0.390 e. The Kier molecular flexibility index (Phi) is 2.38. The van der Waals surface area contributed by atoms with Gasteiger partial charge in [-0.2, -0.15) is 0 Å². The van der Waals surface area contributed by atoms with Gasteiger partial charge in [0, 0.05) is 6.54 Å². The van der Waals surface area contributed by atoms with Crippen molar-refractivity contribution in [1.29, 1.82) is 0 Å². The van der Waals surface area contributed by atoms with Crippen molar-refractivity contribution in [3.05, 3.63) is 24.4 Å². The lowest BCUT2D eigenvalue weighted by Gasteiger charge is -2.22. The van der Waals surface area contributed by atoms with Gasteiger partial charge >= 0.3 is 0 Å². The molecule has 0 aromatic carbocycles. The molecule has 11 heavy (non-hydrogen) atoms. The summed E-state index contributed by atoms with van der Waals surface area (Å²) in [7, 11) is 0. The highest BCUT2D eigenvalue weighted by atomic mass is 14.8. The molecule has 1 atom stereocenters. The molecule has 1 heterocycles. The lowest BCUT2D eigenvalue weighted by Crippen LogP contribution is -2.25. The van der Waals surface area contributed by atoms with Crippen molar-refractivity contribution in [3.8, 4) is 0 Å². The maximum Gasteiger partial charge on any atom is 0.0227 e. The van der Waals surface area contributed by atoms with Crippen LogP contribution in [0.2, 0.25) is 0 Å². The molecule has 1 N–H and O–H groups in total. The van der Waals surface area contributed by atoms with Crippen LogP contribution >= 0.6 is 0 Å². The van der Waals surface area contributed by atoms with Gasteiger partial charge in [-0.15, -0.1) is 0 Å². The molecule has 0 bridgehead atoms. The summed E-state index contributed by atoms with van der Waals surface area (Å²) in [5.41, 5.74) is 0.291. The van der Waals surface area contributed by atoms with E-state index in [2.05, 4.69) is 50.5 Å². The molecular formula is C10H17N. The van der Waals surface area contributed by atoms with Crippen LogP contribution in [0.3, 0.4) is 0 Å². The quantitative estimate of drug-likeness (QED) is 0.524. The van der Waals surface area contributed by atoms with Gasteiger partial charge in [-0.3, -0.25) is 0 Å². The number of nitrogens with one attached hydrogen (secondary N) is 1. The van der Waals surface area contributed by atoms with E-state index in [1.54, 1.807) is 0 Å². The van der Waals surface area contributed by atoms with Crippen LogP contribution in [-0.2, 0) is 0 Å². The van der Waals surface area contributed by atoms with Gasteiger partial charge in [-0.1, -0.05) is 39.0 Å². The number of allylic oxidation sites excluding steroid dienone is 2. The molecule has 0 fully saturated rings. The second-order valence-electron chi connectivity index (χ2n) is 3.95. The fourth-order valence-electron chi connectivity index (χ4n) is 1.08. The second-order valence-corrected chi connectivity index (χ2v) is 3.95. The average molecular weight is 151 g/mol. The molecule has 1 heteroatoms. The van der Waals surface area contributed by atoms with E-state index in [0.717, 1.165) is 6.54 Å². The first-order chi connectivity index (χ1) is 5.10. The van der Waals surface area contributed by atoms with E-state index in [9.17, 15) is 0 Å². The Labute approximate surface area is 69.2 Å². The molecule has 0 aliphatic carbocycles.